The molecule has 0 radical (unpaired) electrons. The van der Waals surface area contributed by atoms with Gasteiger partial charge in [-0.15, -0.1) is 0 Å². The number of hydrogen-bond donors (Lipinski definition) is 1. The fourth-order valence-electron chi connectivity index (χ4n) is 1.95. The largest absolute Gasteiger partial charge is 0.310 e. The van der Waals surface area contributed by atoms with Gasteiger partial charge >= 0.3 is 0 Å². The SMILES string of the molecule is Clc1cc(-c2cccnc2)ccc1CNC1CC1. The normalized spacial score (nSPS) is 14.7. The molecule has 1 aliphatic rings. The average Bonchev–Trinajstić information content (AvgIpc) is 3.22. The molecule has 0 saturated heterocycles. The summed E-state index contributed by atoms with van der Waals surface area (Å²) in [6.07, 6.45) is 6.23. The van der Waals surface area contributed by atoms with Crippen molar-refractivity contribution in [3.63, 3.8) is 0 Å². The summed E-state index contributed by atoms with van der Waals surface area (Å²) < 4.78 is 0. The Morgan fingerprint density at radius 2 is 2.11 bits per heavy atom. The summed E-state index contributed by atoms with van der Waals surface area (Å²) in [6.45, 7) is 0.858. The van der Waals surface area contributed by atoms with Crippen LogP contribution in [0.3, 0.4) is 0 Å². The summed E-state index contributed by atoms with van der Waals surface area (Å²) in [4.78, 5) is 4.13. The minimum absolute atomic E-state index is 0.707. The Bertz CT molecular complexity index is 535. The van der Waals surface area contributed by atoms with Crippen molar-refractivity contribution in [3.05, 3.63) is 53.3 Å². The minimum atomic E-state index is 0.707. The molecule has 2 nitrogen and oxygen atoms in total. The first-order chi connectivity index (χ1) is 8.83. The van der Waals surface area contributed by atoms with Crippen LogP contribution in [0.25, 0.3) is 11.1 Å². The standard InChI is InChI=1S/C15H15ClN2/c16-15-8-11(12-2-1-7-17-9-12)3-4-13(15)10-18-14-5-6-14/h1-4,7-9,14,18H,5-6,10H2. The average molecular weight is 259 g/mol. The molecule has 1 heterocycles. The fraction of sp³-hybridized carbons (Fsp3) is 0.267. The van der Waals surface area contributed by atoms with Crippen molar-refractivity contribution in [2.75, 3.05) is 0 Å². The Morgan fingerprint density at radius 1 is 1.22 bits per heavy atom. The van der Waals surface area contributed by atoms with Gasteiger partial charge in [0.2, 0.25) is 0 Å². The van der Waals surface area contributed by atoms with Gasteiger partial charge in [0.1, 0.15) is 0 Å². The van der Waals surface area contributed by atoms with Crippen LogP contribution < -0.4 is 5.32 Å². The highest BCUT2D eigenvalue weighted by molar-refractivity contribution is 6.31. The summed E-state index contributed by atoms with van der Waals surface area (Å²) in [5.41, 5.74) is 3.38. The van der Waals surface area contributed by atoms with Crippen LogP contribution in [-0.4, -0.2) is 11.0 Å². The zero-order valence-corrected chi connectivity index (χ0v) is 10.8. The molecule has 1 saturated carbocycles. The van der Waals surface area contributed by atoms with E-state index in [0.717, 1.165) is 28.3 Å². The molecule has 0 aliphatic heterocycles. The Balaban J connectivity index is 1.79. The molecule has 2 aromatic rings. The number of nitrogens with zero attached hydrogens (tertiary/aromatic N) is 1. The predicted octanol–water partition coefficient (Wildman–Crippen LogP) is 3.65. The second-order valence-electron chi connectivity index (χ2n) is 4.70. The molecule has 0 amide bonds. The van der Waals surface area contributed by atoms with E-state index < -0.39 is 0 Å². The van der Waals surface area contributed by atoms with Gasteiger partial charge in [0.15, 0.2) is 0 Å². The van der Waals surface area contributed by atoms with Gasteiger partial charge in [-0.1, -0.05) is 29.8 Å². The first-order valence-electron chi connectivity index (χ1n) is 6.25. The number of benzene rings is 1. The molecule has 3 heteroatoms. The first kappa shape index (κ1) is 11.7. The van der Waals surface area contributed by atoms with Crippen molar-refractivity contribution in [2.24, 2.45) is 0 Å². The number of halogens is 1. The Morgan fingerprint density at radius 3 is 2.78 bits per heavy atom. The number of rotatable bonds is 4. The number of aromatic nitrogens is 1. The van der Waals surface area contributed by atoms with Crippen molar-refractivity contribution in [1.29, 1.82) is 0 Å². The van der Waals surface area contributed by atoms with Crippen molar-refractivity contribution in [2.45, 2.75) is 25.4 Å². The third kappa shape index (κ3) is 2.71. The Hall–Kier alpha value is -1.38. The van der Waals surface area contributed by atoms with Crippen LogP contribution in [0, 0.1) is 0 Å². The molecular formula is C15H15ClN2. The monoisotopic (exact) mass is 258 g/mol. The Kier molecular flexibility index (Phi) is 3.31. The first-order valence-corrected chi connectivity index (χ1v) is 6.63. The maximum absolute atomic E-state index is 6.32. The van der Waals surface area contributed by atoms with Gasteiger partial charge in [-0.2, -0.15) is 0 Å². The highest BCUT2D eigenvalue weighted by atomic mass is 35.5. The number of hydrogen-bond acceptors (Lipinski definition) is 2. The van der Waals surface area contributed by atoms with Crippen LogP contribution >= 0.6 is 11.6 Å². The van der Waals surface area contributed by atoms with Gasteiger partial charge in [0.25, 0.3) is 0 Å². The van der Waals surface area contributed by atoms with Crippen molar-refractivity contribution >= 4 is 11.6 Å². The van der Waals surface area contributed by atoms with Gasteiger partial charge < -0.3 is 5.32 Å². The van der Waals surface area contributed by atoms with E-state index in [1.807, 2.05) is 24.4 Å². The van der Waals surface area contributed by atoms with E-state index >= 15 is 0 Å². The zero-order valence-electron chi connectivity index (χ0n) is 10.1. The van der Waals surface area contributed by atoms with Crippen LogP contribution in [0.5, 0.6) is 0 Å². The lowest BCUT2D eigenvalue weighted by Crippen LogP contribution is -2.15. The van der Waals surface area contributed by atoms with Gasteiger partial charge in [0, 0.05) is 35.6 Å². The summed E-state index contributed by atoms with van der Waals surface area (Å²) in [6, 6.07) is 10.9. The molecule has 0 spiro atoms. The summed E-state index contributed by atoms with van der Waals surface area (Å²) >= 11 is 6.32. The van der Waals surface area contributed by atoms with E-state index in [-0.39, 0.29) is 0 Å². The smallest absolute Gasteiger partial charge is 0.0457 e. The van der Waals surface area contributed by atoms with E-state index in [4.69, 9.17) is 11.6 Å². The third-order valence-electron chi connectivity index (χ3n) is 3.21. The van der Waals surface area contributed by atoms with Crippen molar-refractivity contribution in [3.8, 4) is 11.1 Å². The summed E-state index contributed by atoms with van der Waals surface area (Å²) in [5, 5.41) is 4.30. The number of nitrogens with one attached hydrogen (secondary N) is 1. The van der Waals surface area contributed by atoms with Crippen LogP contribution in [0.2, 0.25) is 5.02 Å². The molecule has 0 unspecified atom stereocenters. The zero-order chi connectivity index (χ0) is 12.4. The van der Waals surface area contributed by atoms with E-state index in [2.05, 4.69) is 22.4 Å². The molecule has 1 aromatic heterocycles. The topological polar surface area (TPSA) is 24.9 Å². The van der Waals surface area contributed by atoms with Gasteiger partial charge in [-0.25, -0.2) is 0 Å². The molecule has 18 heavy (non-hydrogen) atoms. The van der Waals surface area contributed by atoms with Crippen molar-refractivity contribution < 1.29 is 0 Å². The molecule has 1 aromatic carbocycles. The van der Waals surface area contributed by atoms with E-state index in [9.17, 15) is 0 Å². The lowest BCUT2D eigenvalue weighted by atomic mass is 10.1. The number of pyridine rings is 1. The van der Waals surface area contributed by atoms with E-state index in [1.165, 1.54) is 12.8 Å². The molecule has 0 atom stereocenters. The highest BCUT2D eigenvalue weighted by Crippen LogP contribution is 2.26. The van der Waals surface area contributed by atoms with Gasteiger partial charge in [-0.05, 0) is 36.1 Å². The summed E-state index contributed by atoms with van der Waals surface area (Å²) in [5.74, 6) is 0. The third-order valence-corrected chi connectivity index (χ3v) is 3.56. The fourth-order valence-corrected chi connectivity index (χ4v) is 2.19. The minimum Gasteiger partial charge on any atom is -0.310 e. The lowest BCUT2D eigenvalue weighted by Gasteiger charge is -2.08. The molecular weight excluding hydrogens is 244 g/mol. The molecule has 0 bridgehead atoms. The van der Waals surface area contributed by atoms with Gasteiger partial charge in [-0.3, -0.25) is 4.98 Å². The van der Waals surface area contributed by atoms with E-state index in [0.29, 0.717) is 6.04 Å². The van der Waals surface area contributed by atoms with Crippen LogP contribution in [0.1, 0.15) is 18.4 Å². The second kappa shape index (κ2) is 5.09. The predicted molar refractivity (Wildman–Crippen MR) is 74.5 cm³/mol. The Labute approximate surface area is 112 Å². The van der Waals surface area contributed by atoms with Crippen molar-refractivity contribution in [1.82, 2.24) is 10.3 Å². The molecule has 3 rings (SSSR count). The lowest BCUT2D eigenvalue weighted by molar-refractivity contribution is 0.688. The maximum atomic E-state index is 6.32. The van der Waals surface area contributed by atoms with E-state index in [1.54, 1.807) is 6.20 Å². The maximum Gasteiger partial charge on any atom is 0.0457 e. The molecule has 1 fully saturated rings. The quantitative estimate of drug-likeness (QED) is 0.905. The molecule has 1 aliphatic carbocycles. The molecule has 1 N–H and O–H groups in total. The van der Waals surface area contributed by atoms with Gasteiger partial charge in [0.05, 0.1) is 0 Å². The van der Waals surface area contributed by atoms with Crippen LogP contribution in [0.15, 0.2) is 42.7 Å². The molecule has 92 valence electrons. The second-order valence-corrected chi connectivity index (χ2v) is 5.11. The highest BCUT2D eigenvalue weighted by Gasteiger charge is 2.20. The van der Waals surface area contributed by atoms with Crippen LogP contribution in [0.4, 0.5) is 0 Å². The van der Waals surface area contributed by atoms with Crippen LogP contribution in [-0.2, 0) is 6.54 Å². The summed E-state index contributed by atoms with van der Waals surface area (Å²) in [7, 11) is 0.